The van der Waals surface area contributed by atoms with Crippen LogP contribution < -0.4 is 0 Å². The first-order chi connectivity index (χ1) is 10.3. The van der Waals surface area contributed by atoms with E-state index in [0.717, 1.165) is 16.8 Å². The van der Waals surface area contributed by atoms with Crippen molar-refractivity contribution in [3.63, 3.8) is 0 Å². The zero-order chi connectivity index (χ0) is 14.3. The molecule has 0 bridgehead atoms. The van der Waals surface area contributed by atoms with E-state index in [1.165, 1.54) is 0 Å². The van der Waals surface area contributed by atoms with Gasteiger partial charge in [-0.05, 0) is 17.4 Å². The summed E-state index contributed by atoms with van der Waals surface area (Å²) in [5, 5.41) is 12.1. The fourth-order valence-electron chi connectivity index (χ4n) is 2.67. The Labute approximate surface area is 122 Å². The molecule has 3 aromatic rings. The van der Waals surface area contributed by atoms with Gasteiger partial charge in [0.15, 0.2) is 5.66 Å². The second-order valence-electron chi connectivity index (χ2n) is 5.13. The van der Waals surface area contributed by atoms with Gasteiger partial charge < -0.3 is 0 Å². The molecule has 1 atom stereocenters. The van der Waals surface area contributed by atoms with Crippen LogP contribution in [0.1, 0.15) is 23.9 Å². The molecular weight excluding hydrogens is 262 g/mol. The molecule has 5 nitrogen and oxygen atoms in total. The molecule has 0 aliphatic carbocycles. The van der Waals surface area contributed by atoms with Crippen LogP contribution in [-0.2, 0) is 5.66 Å². The van der Waals surface area contributed by atoms with Crippen LogP contribution in [-0.4, -0.2) is 25.9 Å². The number of aromatic nitrogens is 4. The largest absolute Gasteiger partial charge is 0.246 e. The molecule has 5 heteroatoms. The van der Waals surface area contributed by atoms with Crippen LogP contribution in [0.5, 0.6) is 0 Å². The number of rotatable bonds is 2. The van der Waals surface area contributed by atoms with E-state index < -0.39 is 5.66 Å². The minimum atomic E-state index is -0.606. The summed E-state index contributed by atoms with van der Waals surface area (Å²) in [5.41, 5.74) is 2.30. The van der Waals surface area contributed by atoms with Crippen molar-refractivity contribution in [1.29, 1.82) is 0 Å². The van der Waals surface area contributed by atoms with Gasteiger partial charge in [0.2, 0.25) is 5.82 Å². The van der Waals surface area contributed by atoms with Crippen molar-refractivity contribution in [2.75, 3.05) is 0 Å². The maximum Gasteiger partial charge on any atom is 0.203 e. The monoisotopic (exact) mass is 275 g/mol. The zero-order valence-electron chi connectivity index (χ0n) is 11.5. The van der Waals surface area contributed by atoms with Crippen molar-refractivity contribution in [2.24, 2.45) is 4.99 Å². The molecular formula is C16H13N5. The molecule has 1 aliphatic heterocycles. The average Bonchev–Trinajstić information content (AvgIpc) is 3.13. The predicted molar refractivity (Wildman–Crippen MR) is 79.1 cm³/mol. The number of nitrogens with zero attached hydrogens (tertiary/aromatic N) is 5. The van der Waals surface area contributed by atoms with Crippen LogP contribution in [0.25, 0.3) is 0 Å². The van der Waals surface area contributed by atoms with Crippen LogP contribution in [0, 0.1) is 0 Å². The lowest BCUT2D eigenvalue weighted by Gasteiger charge is -2.21. The van der Waals surface area contributed by atoms with Crippen molar-refractivity contribution in [2.45, 2.75) is 12.6 Å². The van der Waals surface area contributed by atoms with Gasteiger partial charge >= 0.3 is 0 Å². The van der Waals surface area contributed by atoms with Crippen LogP contribution in [0.2, 0.25) is 0 Å². The molecule has 2 heterocycles. The first kappa shape index (κ1) is 12.0. The van der Waals surface area contributed by atoms with Gasteiger partial charge in [-0.25, -0.2) is 4.99 Å². The second kappa shape index (κ2) is 4.34. The summed E-state index contributed by atoms with van der Waals surface area (Å²) in [6, 6.07) is 20.1. The Hall–Kier alpha value is -2.82. The Morgan fingerprint density at radius 3 is 2.29 bits per heavy atom. The second-order valence-corrected chi connectivity index (χ2v) is 5.13. The van der Waals surface area contributed by atoms with Crippen molar-refractivity contribution in [3.05, 3.63) is 77.6 Å². The van der Waals surface area contributed by atoms with Crippen molar-refractivity contribution in [1.82, 2.24) is 20.2 Å². The lowest BCUT2D eigenvalue weighted by atomic mass is 10.0. The highest BCUT2D eigenvalue weighted by Gasteiger charge is 2.40. The Bertz CT molecular complexity index is 807. The van der Waals surface area contributed by atoms with E-state index in [4.69, 9.17) is 4.99 Å². The van der Waals surface area contributed by atoms with Gasteiger partial charge in [-0.2, -0.15) is 4.68 Å². The first-order valence-corrected chi connectivity index (χ1v) is 6.79. The highest BCUT2D eigenvalue weighted by atomic mass is 15.6. The minimum absolute atomic E-state index is 0.606. The molecule has 0 saturated heterocycles. The van der Waals surface area contributed by atoms with Crippen molar-refractivity contribution in [3.8, 4) is 0 Å². The molecule has 0 radical (unpaired) electrons. The highest BCUT2D eigenvalue weighted by Crippen LogP contribution is 2.34. The Morgan fingerprint density at radius 2 is 1.57 bits per heavy atom. The molecule has 4 rings (SSSR count). The molecule has 0 spiro atoms. The zero-order valence-corrected chi connectivity index (χ0v) is 11.5. The quantitative estimate of drug-likeness (QED) is 0.720. The molecule has 0 N–H and O–H groups in total. The smallest absolute Gasteiger partial charge is 0.203 e. The first-order valence-electron chi connectivity index (χ1n) is 6.79. The van der Waals surface area contributed by atoms with Crippen LogP contribution >= 0.6 is 0 Å². The lowest BCUT2D eigenvalue weighted by Crippen LogP contribution is -2.28. The molecule has 0 amide bonds. The lowest BCUT2D eigenvalue weighted by molar-refractivity contribution is 0.376. The van der Waals surface area contributed by atoms with E-state index in [1.807, 2.05) is 67.6 Å². The Morgan fingerprint density at radius 1 is 0.905 bits per heavy atom. The number of tetrazole rings is 1. The number of fused-ring (bicyclic) bond motifs is 1. The molecule has 1 aliphatic rings. The fraction of sp³-hybridized carbons (Fsp3) is 0.125. The summed E-state index contributed by atoms with van der Waals surface area (Å²) >= 11 is 0. The minimum Gasteiger partial charge on any atom is -0.246 e. The van der Waals surface area contributed by atoms with Gasteiger partial charge in [-0.3, -0.25) is 0 Å². The molecule has 0 fully saturated rings. The summed E-state index contributed by atoms with van der Waals surface area (Å²) in [5.74, 6) is 0.701. The molecule has 1 aromatic heterocycles. The van der Waals surface area contributed by atoms with Crippen molar-refractivity contribution >= 4 is 5.71 Å². The summed E-state index contributed by atoms with van der Waals surface area (Å²) in [4.78, 5) is 4.90. The number of hydrogen-bond donors (Lipinski definition) is 0. The van der Waals surface area contributed by atoms with Crippen molar-refractivity contribution < 1.29 is 0 Å². The number of hydrogen-bond acceptors (Lipinski definition) is 4. The van der Waals surface area contributed by atoms with Gasteiger partial charge in [-0.1, -0.05) is 60.7 Å². The van der Waals surface area contributed by atoms with Gasteiger partial charge in [0, 0.05) is 11.1 Å². The van der Waals surface area contributed by atoms with E-state index in [2.05, 4.69) is 15.5 Å². The maximum absolute atomic E-state index is 4.90. The van der Waals surface area contributed by atoms with E-state index in [0.29, 0.717) is 5.82 Å². The normalized spacial score (nSPS) is 20.1. The Kier molecular flexibility index (Phi) is 2.47. The number of aliphatic imine (C=N–C) groups is 1. The maximum atomic E-state index is 4.90. The summed E-state index contributed by atoms with van der Waals surface area (Å²) < 4.78 is 1.78. The summed E-state index contributed by atoms with van der Waals surface area (Å²) in [7, 11) is 0. The molecule has 0 saturated carbocycles. The molecule has 21 heavy (non-hydrogen) atoms. The topological polar surface area (TPSA) is 56.0 Å². The van der Waals surface area contributed by atoms with Crippen LogP contribution in [0.3, 0.4) is 0 Å². The number of benzene rings is 2. The Balaban J connectivity index is 1.94. The van der Waals surface area contributed by atoms with Gasteiger partial charge in [0.25, 0.3) is 0 Å². The van der Waals surface area contributed by atoms with E-state index in [1.54, 1.807) is 4.68 Å². The van der Waals surface area contributed by atoms with E-state index in [9.17, 15) is 0 Å². The van der Waals surface area contributed by atoms with Gasteiger partial charge in [0.1, 0.15) is 5.71 Å². The van der Waals surface area contributed by atoms with Crippen LogP contribution in [0.4, 0.5) is 0 Å². The SMILES string of the molecule is CC1(c2ccccc2)N=C(c2ccccc2)c2nnnn21. The van der Waals surface area contributed by atoms with Gasteiger partial charge in [0.05, 0.1) is 0 Å². The predicted octanol–water partition coefficient (Wildman–Crippen LogP) is 2.25. The van der Waals surface area contributed by atoms with Gasteiger partial charge in [-0.15, -0.1) is 5.10 Å². The molecule has 102 valence electrons. The van der Waals surface area contributed by atoms with Crippen LogP contribution in [0.15, 0.2) is 65.7 Å². The summed E-state index contributed by atoms with van der Waals surface area (Å²) in [6.07, 6.45) is 0. The fourth-order valence-corrected chi connectivity index (χ4v) is 2.67. The van der Waals surface area contributed by atoms with E-state index in [-0.39, 0.29) is 0 Å². The highest BCUT2D eigenvalue weighted by molar-refractivity contribution is 6.12. The molecule has 2 aromatic carbocycles. The average molecular weight is 275 g/mol. The third kappa shape index (κ3) is 1.71. The molecule has 1 unspecified atom stereocenters. The third-order valence-corrected chi connectivity index (χ3v) is 3.79. The standard InChI is InChI=1S/C16H13N5/c1-16(13-10-6-3-7-11-13)17-14(12-8-4-2-5-9-12)15-18-19-20-21(15)16/h2-11H,1H3. The third-order valence-electron chi connectivity index (χ3n) is 3.79. The summed E-state index contributed by atoms with van der Waals surface area (Å²) in [6.45, 7) is 2.03. The van der Waals surface area contributed by atoms with E-state index >= 15 is 0 Å².